The van der Waals surface area contributed by atoms with Crippen molar-refractivity contribution in [2.45, 2.75) is 130 Å². The molecule has 23 heteroatoms. The van der Waals surface area contributed by atoms with Crippen molar-refractivity contribution in [1.82, 2.24) is 45.5 Å². The molecule has 3 saturated heterocycles. The van der Waals surface area contributed by atoms with Crippen molar-refractivity contribution in [3.05, 3.63) is 123 Å². The Morgan fingerprint density at radius 2 is 1.48 bits per heavy atom. The number of pyridine rings is 1. The number of aliphatic hydroxyl groups excluding tert-OH is 1. The van der Waals surface area contributed by atoms with Gasteiger partial charge in [0.25, 0.3) is 5.91 Å². The Morgan fingerprint density at radius 3 is 2.14 bits per heavy atom. The number of amides is 5. The maximum Gasteiger partial charge on any atom is 0.417 e. The lowest BCUT2D eigenvalue weighted by Crippen LogP contribution is -2.57. The number of halogens is 4. The number of anilines is 2. The number of β-amino-alcohol motifs (C(OH)–C–C–N with tert-alkyl or cyclic N) is 1. The number of piperazine rings is 2. The van der Waals surface area contributed by atoms with E-state index in [9.17, 15) is 47.0 Å². The summed E-state index contributed by atoms with van der Waals surface area (Å²) in [5.74, 6) is -2.81. The summed E-state index contributed by atoms with van der Waals surface area (Å²) in [5.41, 5.74) is 3.11. The number of aryl methyl sites for hydroxylation is 1. The van der Waals surface area contributed by atoms with Crippen molar-refractivity contribution >= 4 is 52.2 Å². The smallest absolute Gasteiger partial charge is 0.391 e. The van der Waals surface area contributed by atoms with Gasteiger partial charge in [0.15, 0.2) is 0 Å². The third kappa shape index (κ3) is 16.7. The number of hydrogen-bond donors (Lipinski definition) is 6. The zero-order chi connectivity index (χ0) is 61.3. The van der Waals surface area contributed by atoms with Crippen molar-refractivity contribution in [1.29, 1.82) is 0 Å². The highest BCUT2D eigenvalue weighted by Gasteiger charge is 2.45. The van der Waals surface area contributed by atoms with E-state index in [-0.39, 0.29) is 67.0 Å². The number of likely N-dealkylation sites (tertiary alicyclic amines) is 1. The van der Waals surface area contributed by atoms with Crippen molar-refractivity contribution in [3.8, 4) is 21.6 Å². The fourth-order valence-electron chi connectivity index (χ4n) is 11.3. The zero-order valence-electron chi connectivity index (χ0n) is 49.4. The maximum atomic E-state index is 15.8. The van der Waals surface area contributed by atoms with Gasteiger partial charge in [0, 0.05) is 121 Å². The first-order valence-electron chi connectivity index (χ1n) is 29.1. The van der Waals surface area contributed by atoms with E-state index in [1.165, 1.54) is 11.0 Å². The number of nitrogens with one attached hydrogen (secondary N) is 5. The van der Waals surface area contributed by atoms with E-state index >= 15 is 4.39 Å². The van der Waals surface area contributed by atoms with E-state index in [2.05, 4.69) is 64.7 Å². The van der Waals surface area contributed by atoms with Gasteiger partial charge in [-0.25, -0.2) is 9.37 Å². The Kier molecular flexibility index (Phi) is 21.1. The number of likely N-dealkylation sites (N-methyl/N-ethyl adjacent to an activating group) is 1. The van der Waals surface area contributed by atoms with Gasteiger partial charge >= 0.3 is 6.18 Å². The van der Waals surface area contributed by atoms with Crippen LogP contribution in [0.2, 0.25) is 0 Å². The van der Waals surface area contributed by atoms with Gasteiger partial charge < -0.3 is 41.2 Å². The molecule has 5 heterocycles. The largest absolute Gasteiger partial charge is 0.417 e. The molecular weight excluding hydrogens is 1120 g/mol. The topological polar surface area (TPSA) is 216 Å². The standard InChI is InChI=1S/C62H79F4N11O7S/c1-38-33-76(34-39(2)73(38)7)51-20-18-44(28-50(51)71-58(82)47-32-68-55(81)30-48(47)62(64,65)66)46-27-42(15-19-49(46)63)35-75-25-23-74(24-26-75)22-21-67-53(79)11-9-8-10-12-54(80)72-57(61(4,5)6)60(84)77-36-45(78)29-52(77)59(83)69-31-41-13-16-43(17-14-41)56-40(3)70-37-85-56/h13-20,27-28,30,32,37-39,45,52,57,78H,8-12,21-26,29,31,33-36H2,1-7H3,(H,67,79)(H,68,81)(H,69,83)(H,71,82)(H,72,80)/t38-,39+,45-,52+,57-/m1/s1. The molecule has 0 radical (unpaired) electrons. The van der Waals surface area contributed by atoms with Crippen molar-refractivity contribution in [3.63, 3.8) is 0 Å². The molecule has 5 amide bonds. The summed E-state index contributed by atoms with van der Waals surface area (Å²) in [5, 5.41) is 22.1. The second-order valence-corrected chi connectivity index (χ2v) is 24.7. The van der Waals surface area contributed by atoms with Crippen LogP contribution in [0.3, 0.4) is 0 Å². The van der Waals surface area contributed by atoms with Crippen LogP contribution >= 0.6 is 11.3 Å². The fourth-order valence-corrected chi connectivity index (χ4v) is 12.1. The summed E-state index contributed by atoms with van der Waals surface area (Å²) in [4.78, 5) is 97.0. The first kappa shape index (κ1) is 64.0. The highest BCUT2D eigenvalue weighted by Crippen LogP contribution is 2.37. The third-order valence-electron chi connectivity index (χ3n) is 16.4. The lowest BCUT2D eigenvalue weighted by Gasteiger charge is -2.44. The summed E-state index contributed by atoms with van der Waals surface area (Å²) >= 11 is 1.56. The number of thiazole rings is 1. The molecule has 0 saturated carbocycles. The molecule has 0 bridgehead atoms. The first-order chi connectivity index (χ1) is 40.3. The number of H-pyrrole nitrogens is 1. The number of aromatic nitrogens is 2. The van der Waals surface area contributed by atoms with Crippen LogP contribution in [0.1, 0.15) is 106 Å². The summed E-state index contributed by atoms with van der Waals surface area (Å²) in [6.07, 6.45) is -2.88. The molecule has 3 aliphatic rings. The summed E-state index contributed by atoms with van der Waals surface area (Å²) in [7, 11) is 2.01. The predicted octanol–water partition coefficient (Wildman–Crippen LogP) is 7.41. The van der Waals surface area contributed by atoms with E-state index in [0.717, 1.165) is 59.6 Å². The Morgan fingerprint density at radius 1 is 0.824 bits per heavy atom. The highest BCUT2D eigenvalue weighted by molar-refractivity contribution is 7.13. The Balaban J connectivity index is 0.759. The average Bonchev–Trinajstić information content (AvgIpc) is 2.46. The van der Waals surface area contributed by atoms with E-state index in [0.29, 0.717) is 75.7 Å². The van der Waals surface area contributed by atoms with Gasteiger partial charge in [0.05, 0.1) is 44.7 Å². The van der Waals surface area contributed by atoms with Crippen LogP contribution in [0.15, 0.2) is 83.2 Å². The van der Waals surface area contributed by atoms with Gasteiger partial charge in [0.1, 0.15) is 17.9 Å². The van der Waals surface area contributed by atoms with Gasteiger partial charge in [-0.1, -0.05) is 63.6 Å². The summed E-state index contributed by atoms with van der Waals surface area (Å²) in [6.45, 7) is 17.5. The minimum atomic E-state index is -4.97. The molecule has 3 aliphatic heterocycles. The third-order valence-corrected chi connectivity index (χ3v) is 17.4. The van der Waals surface area contributed by atoms with Crippen LogP contribution in [-0.2, 0) is 38.4 Å². The molecule has 0 unspecified atom stereocenters. The summed E-state index contributed by atoms with van der Waals surface area (Å²) < 4.78 is 57.9. The van der Waals surface area contributed by atoms with E-state index < -0.39 is 64.1 Å². The molecule has 18 nitrogen and oxygen atoms in total. The van der Waals surface area contributed by atoms with E-state index in [1.807, 2.05) is 59.0 Å². The Bertz CT molecular complexity index is 3220. The number of aliphatic hydroxyl groups is 1. The molecule has 5 aromatic rings. The predicted molar refractivity (Wildman–Crippen MR) is 320 cm³/mol. The summed E-state index contributed by atoms with van der Waals surface area (Å²) in [6, 6.07) is 16.5. The van der Waals surface area contributed by atoms with Gasteiger partial charge in [0.2, 0.25) is 29.2 Å². The van der Waals surface area contributed by atoms with Crippen LogP contribution in [0, 0.1) is 18.2 Å². The van der Waals surface area contributed by atoms with Crippen molar-refractivity contribution in [2.24, 2.45) is 5.41 Å². The maximum absolute atomic E-state index is 15.8. The van der Waals surface area contributed by atoms with Crippen LogP contribution in [0.25, 0.3) is 21.6 Å². The van der Waals surface area contributed by atoms with Crippen molar-refractivity contribution < 1.29 is 46.6 Å². The second kappa shape index (κ2) is 28.0. The minimum Gasteiger partial charge on any atom is -0.391 e. The van der Waals surface area contributed by atoms with Crippen LogP contribution < -0.4 is 31.7 Å². The average molecular weight is 1200 g/mol. The number of nitrogens with zero attached hydrogens (tertiary/aromatic N) is 6. The lowest BCUT2D eigenvalue weighted by molar-refractivity contribution is -0.144. The van der Waals surface area contributed by atoms with E-state index in [1.54, 1.807) is 47.2 Å². The molecule has 6 N–H and O–H groups in total. The minimum absolute atomic E-state index is 0.0257. The molecule has 3 aromatic carbocycles. The number of aromatic amines is 1. The van der Waals surface area contributed by atoms with Crippen LogP contribution in [0.4, 0.5) is 28.9 Å². The SMILES string of the molecule is Cc1ncsc1-c1ccc(CNC(=O)[C@@H]2C[C@@H](O)CN2C(=O)[C@@H](NC(=O)CCCCCC(=O)NCCN2CCN(Cc3ccc(F)c(-c4ccc(N5C[C@@H](C)N(C)[C@@H](C)C5)c(NC(=O)c5c[nH]c(=O)cc5C(F)(F)F)c4)c3)CC2)C(C)(C)C)cc1. The molecule has 5 atom stereocenters. The highest BCUT2D eigenvalue weighted by atomic mass is 32.1. The molecule has 458 valence electrons. The van der Waals surface area contributed by atoms with Gasteiger partial charge in [-0.15, -0.1) is 11.3 Å². The molecule has 85 heavy (non-hydrogen) atoms. The number of carbonyl (C=O) groups is 5. The second-order valence-electron chi connectivity index (χ2n) is 23.9. The normalized spacial score (nSPS) is 19.4. The Labute approximate surface area is 497 Å². The number of unbranched alkanes of at least 4 members (excludes halogenated alkanes) is 2. The molecule has 0 spiro atoms. The van der Waals surface area contributed by atoms with Gasteiger partial charge in [-0.05, 0) is 92.6 Å². The van der Waals surface area contributed by atoms with Crippen LogP contribution in [0.5, 0.6) is 0 Å². The Hall–Kier alpha value is -7.05. The van der Waals surface area contributed by atoms with Crippen molar-refractivity contribution in [2.75, 3.05) is 76.2 Å². The molecule has 3 fully saturated rings. The molecular formula is C62H79F4N11O7S. The fraction of sp³-hybridized carbons (Fsp3) is 0.500. The number of hydrogen-bond acceptors (Lipinski definition) is 13. The monoisotopic (exact) mass is 1200 g/mol. The lowest BCUT2D eigenvalue weighted by atomic mass is 9.85. The number of rotatable bonds is 21. The molecule has 8 rings (SSSR count). The van der Waals surface area contributed by atoms with E-state index in [4.69, 9.17) is 0 Å². The number of benzene rings is 3. The number of alkyl halides is 3. The molecule has 0 aliphatic carbocycles. The quantitative estimate of drug-likeness (QED) is 0.0313. The van der Waals surface area contributed by atoms with Gasteiger partial charge in [-0.2, -0.15) is 13.2 Å². The van der Waals surface area contributed by atoms with Crippen LogP contribution in [-0.4, -0.2) is 160 Å². The molecule has 2 aromatic heterocycles. The first-order valence-corrected chi connectivity index (χ1v) is 30.0. The number of carbonyl (C=O) groups excluding carboxylic acids is 5. The van der Waals surface area contributed by atoms with Gasteiger partial charge in [-0.3, -0.25) is 43.5 Å². The zero-order valence-corrected chi connectivity index (χ0v) is 50.2.